The van der Waals surface area contributed by atoms with Gasteiger partial charge in [-0.25, -0.2) is 0 Å². The number of aromatic hydroxyl groups is 1. The van der Waals surface area contributed by atoms with Crippen LogP contribution in [-0.4, -0.2) is 30.7 Å². The van der Waals surface area contributed by atoms with Gasteiger partial charge in [0.25, 0.3) is 0 Å². The third-order valence-corrected chi connectivity index (χ3v) is 5.28. The summed E-state index contributed by atoms with van der Waals surface area (Å²) in [6, 6.07) is 8.64. The van der Waals surface area contributed by atoms with Gasteiger partial charge in [-0.3, -0.25) is 4.90 Å². The lowest BCUT2D eigenvalue weighted by Crippen LogP contribution is -2.35. The first kappa shape index (κ1) is 13.6. The number of benzene rings is 2. The van der Waals surface area contributed by atoms with Crippen LogP contribution in [0.15, 0.2) is 24.3 Å². The van der Waals surface area contributed by atoms with E-state index in [1.807, 2.05) is 13.0 Å². The summed E-state index contributed by atoms with van der Waals surface area (Å²) in [5, 5.41) is 10.1. The van der Waals surface area contributed by atoms with Crippen molar-refractivity contribution in [3.63, 3.8) is 0 Å². The van der Waals surface area contributed by atoms with Crippen molar-refractivity contribution >= 4 is 0 Å². The lowest BCUT2D eigenvalue weighted by atomic mass is 9.76. The van der Waals surface area contributed by atoms with Gasteiger partial charge in [0.05, 0.1) is 7.11 Å². The molecule has 1 aliphatic heterocycles. The number of methoxy groups -OCH3 is 1. The van der Waals surface area contributed by atoms with E-state index in [-0.39, 0.29) is 0 Å². The van der Waals surface area contributed by atoms with Crippen molar-refractivity contribution < 1.29 is 9.84 Å². The van der Waals surface area contributed by atoms with Gasteiger partial charge in [-0.05, 0) is 78.4 Å². The van der Waals surface area contributed by atoms with E-state index in [1.54, 1.807) is 7.11 Å². The van der Waals surface area contributed by atoms with Crippen LogP contribution in [0.2, 0.25) is 0 Å². The average molecular weight is 295 g/mol. The summed E-state index contributed by atoms with van der Waals surface area (Å²) in [6.45, 7) is 3.09. The highest BCUT2D eigenvalue weighted by Gasteiger charge is 2.34. The van der Waals surface area contributed by atoms with Crippen LogP contribution >= 0.6 is 0 Å². The second-order valence-corrected chi connectivity index (χ2v) is 6.44. The summed E-state index contributed by atoms with van der Waals surface area (Å²) in [6.07, 6.45) is 2.07. The predicted octanol–water partition coefficient (Wildman–Crippen LogP) is 3.46. The molecule has 114 valence electrons. The highest BCUT2D eigenvalue weighted by molar-refractivity contribution is 5.81. The predicted molar refractivity (Wildman–Crippen MR) is 87.6 cm³/mol. The Balaban J connectivity index is 2.06. The van der Waals surface area contributed by atoms with Gasteiger partial charge >= 0.3 is 0 Å². The van der Waals surface area contributed by atoms with E-state index in [9.17, 15) is 5.11 Å². The quantitative estimate of drug-likeness (QED) is 0.874. The molecule has 0 saturated carbocycles. The summed E-state index contributed by atoms with van der Waals surface area (Å²) in [5.41, 5.74) is 7.55. The van der Waals surface area contributed by atoms with Crippen LogP contribution in [0.5, 0.6) is 11.5 Å². The zero-order valence-corrected chi connectivity index (χ0v) is 13.3. The van der Waals surface area contributed by atoms with Gasteiger partial charge in [0.2, 0.25) is 0 Å². The topological polar surface area (TPSA) is 32.7 Å². The minimum Gasteiger partial charge on any atom is -0.508 e. The summed E-state index contributed by atoms with van der Waals surface area (Å²) >= 11 is 0. The Morgan fingerprint density at radius 3 is 2.82 bits per heavy atom. The van der Waals surface area contributed by atoms with E-state index < -0.39 is 0 Å². The molecule has 0 fully saturated rings. The first-order valence-electron chi connectivity index (χ1n) is 7.83. The molecular formula is C19H21NO2. The fourth-order valence-corrected chi connectivity index (χ4v) is 4.05. The van der Waals surface area contributed by atoms with E-state index in [2.05, 4.69) is 30.1 Å². The van der Waals surface area contributed by atoms with E-state index in [0.29, 0.717) is 11.8 Å². The number of hydrogen-bond donors (Lipinski definition) is 1. The highest BCUT2D eigenvalue weighted by Crippen LogP contribution is 2.48. The maximum Gasteiger partial charge on any atom is 0.119 e. The van der Waals surface area contributed by atoms with Gasteiger partial charge in [0, 0.05) is 12.6 Å². The van der Waals surface area contributed by atoms with Crippen molar-refractivity contribution in [2.24, 2.45) is 0 Å². The zero-order valence-electron chi connectivity index (χ0n) is 13.3. The largest absolute Gasteiger partial charge is 0.508 e. The van der Waals surface area contributed by atoms with Crippen LogP contribution in [0.1, 0.15) is 28.3 Å². The zero-order chi connectivity index (χ0) is 15.4. The first-order chi connectivity index (χ1) is 10.6. The fourth-order valence-electron chi connectivity index (χ4n) is 4.05. The maximum absolute atomic E-state index is 10.1. The molecular weight excluding hydrogens is 274 g/mol. The number of fused-ring (bicyclic) bond motifs is 2. The number of likely N-dealkylation sites (N-methyl/N-ethyl adjacent to an activating group) is 1. The standard InChI is InChI=1S/C19H21NO2/c1-11-17(21)5-4-12-9-16-19-13(6-7-20(16)2)8-14(22-3)10-15(19)18(11)12/h4-5,8,10,16,21H,6-7,9H2,1-3H3/t16-/m0/s1. The Labute approximate surface area is 131 Å². The van der Waals surface area contributed by atoms with Crippen LogP contribution < -0.4 is 4.74 Å². The molecule has 3 heteroatoms. The number of rotatable bonds is 1. The Hall–Kier alpha value is -2.00. The second-order valence-electron chi connectivity index (χ2n) is 6.44. The van der Waals surface area contributed by atoms with Crippen molar-refractivity contribution in [2.75, 3.05) is 20.7 Å². The molecule has 0 amide bonds. The lowest BCUT2D eigenvalue weighted by molar-refractivity contribution is 0.227. The van der Waals surface area contributed by atoms with Crippen LogP contribution in [-0.2, 0) is 12.8 Å². The third kappa shape index (κ3) is 1.78. The van der Waals surface area contributed by atoms with Crippen molar-refractivity contribution in [3.05, 3.63) is 46.5 Å². The SMILES string of the molecule is COc1cc2c3c(c1)-c1c(ccc(O)c1C)C[C@@H]3N(C)CC2. The highest BCUT2D eigenvalue weighted by atomic mass is 16.5. The molecule has 2 aromatic rings. The molecule has 0 radical (unpaired) electrons. The van der Waals surface area contributed by atoms with E-state index in [0.717, 1.165) is 30.7 Å². The molecule has 1 aliphatic carbocycles. The molecule has 0 aromatic heterocycles. The summed E-state index contributed by atoms with van der Waals surface area (Å²) in [5.74, 6) is 1.28. The van der Waals surface area contributed by atoms with Gasteiger partial charge in [0.1, 0.15) is 11.5 Å². The summed E-state index contributed by atoms with van der Waals surface area (Å²) in [7, 11) is 3.93. The maximum atomic E-state index is 10.1. The number of nitrogens with zero attached hydrogens (tertiary/aromatic N) is 1. The van der Waals surface area contributed by atoms with E-state index in [1.165, 1.54) is 27.8 Å². The molecule has 1 atom stereocenters. The minimum atomic E-state index is 0.373. The summed E-state index contributed by atoms with van der Waals surface area (Å²) < 4.78 is 5.52. The Morgan fingerprint density at radius 1 is 1.23 bits per heavy atom. The number of phenols is 1. The van der Waals surface area contributed by atoms with E-state index >= 15 is 0 Å². The molecule has 1 N–H and O–H groups in total. The van der Waals surface area contributed by atoms with Gasteiger partial charge in [0.15, 0.2) is 0 Å². The summed E-state index contributed by atoms with van der Waals surface area (Å²) in [4.78, 5) is 2.45. The van der Waals surface area contributed by atoms with Crippen molar-refractivity contribution in [1.82, 2.24) is 4.90 Å². The average Bonchev–Trinajstić information content (AvgIpc) is 2.53. The molecule has 1 heterocycles. The van der Waals surface area contributed by atoms with Crippen LogP contribution in [0.4, 0.5) is 0 Å². The van der Waals surface area contributed by atoms with Crippen LogP contribution in [0.3, 0.4) is 0 Å². The van der Waals surface area contributed by atoms with Crippen molar-refractivity contribution in [1.29, 1.82) is 0 Å². The molecule has 2 aromatic carbocycles. The van der Waals surface area contributed by atoms with Crippen molar-refractivity contribution in [2.45, 2.75) is 25.8 Å². The van der Waals surface area contributed by atoms with E-state index in [4.69, 9.17) is 4.74 Å². The molecule has 4 rings (SSSR count). The molecule has 0 unspecified atom stereocenters. The monoisotopic (exact) mass is 295 g/mol. The van der Waals surface area contributed by atoms with Crippen LogP contribution in [0, 0.1) is 6.92 Å². The third-order valence-electron chi connectivity index (χ3n) is 5.28. The molecule has 0 spiro atoms. The van der Waals surface area contributed by atoms with Gasteiger partial charge < -0.3 is 9.84 Å². The second kappa shape index (κ2) is 4.75. The van der Waals surface area contributed by atoms with Crippen LogP contribution in [0.25, 0.3) is 11.1 Å². The van der Waals surface area contributed by atoms with Crippen molar-refractivity contribution in [3.8, 4) is 22.6 Å². The Kier molecular flexibility index (Phi) is 2.95. The fraction of sp³-hybridized carbons (Fsp3) is 0.368. The smallest absolute Gasteiger partial charge is 0.119 e. The lowest BCUT2D eigenvalue weighted by Gasteiger charge is -2.40. The van der Waals surface area contributed by atoms with Gasteiger partial charge in [-0.1, -0.05) is 6.07 Å². The molecule has 0 bridgehead atoms. The Morgan fingerprint density at radius 2 is 2.05 bits per heavy atom. The van der Waals surface area contributed by atoms with Gasteiger partial charge in [-0.2, -0.15) is 0 Å². The minimum absolute atomic E-state index is 0.373. The number of hydrogen-bond acceptors (Lipinski definition) is 3. The Bertz CT molecular complexity index is 767. The molecule has 3 nitrogen and oxygen atoms in total. The molecule has 2 aliphatic rings. The first-order valence-corrected chi connectivity index (χ1v) is 7.83. The number of ether oxygens (including phenoxy) is 1. The van der Waals surface area contributed by atoms with Gasteiger partial charge in [-0.15, -0.1) is 0 Å². The molecule has 22 heavy (non-hydrogen) atoms. The normalized spacial score (nSPS) is 19.5. The number of phenolic OH excluding ortho intramolecular Hbond substituents is 1. The molecule has 0 saturated heterocycles.